The molecule has 0 saturated heterocycles. The van der Waals surface area contributed by atoms with Crippen molar-refractivity contribution in [3.05, 3.63) is 48.2 Å². The van der Waals surface area contributed by atoms with Crippen molar-refractivity contribution in [1.82, 2.24) is 19.5 Å². The summed E-state index contributed by atoms with van der Waals surface area (Å²) in [5.74, 6) is 2.77. The summed E-state index contributed by atoms with van der Waals surface area (Å²) in [5, 5.41) is 3.22. The highest BCUT2D eigenvalue weighted by Gasteiger charge is 2.19. The second-order valence-corrected chi connectivity index (χ2v) is 8.40. The van der Waals surface area contributed by atoms with Crippen LogP contribution in [0.5, 0.6) is 0 Å². The maximum absolute atomic E-state index is 12.6. The van der Waals surface area contributed by atoms with Crippen LogP contribution in [0.15, 0.2) is 41.6 Å². The summed E-state index contributed by atoms with van der Waals surface area (Å²) in [6.07, 6.45) is 1.54. The van der Waals surface area contributed by atoms with E-state index in [2.05, 4.69) is 25.0 Å². The van der Waals surface area contributed by atoms with Gasteiger partial charge in [0.2, 0.25) is 0 Å². The first-order chi connectivity index (χ1) is 13.7. The predicted molar refractivity (Wildman–Crippen MR) is 114 cm³/mol. The maximum atomic E-state index is 12.6. The van der Waals surface area contributed by atoms with Crippen LogP contribution in [0.3, 0.4) is 0 Å². The molecule has 0 aliphatic rings. The van der Waals surface area contributed by atoms with Crippen LogP contribution in [-0.2, 0) is 16.6 Å². The van der Waals surface area contributed by atoms with E-state index >= 15 is 0 Å². The Kier molecular flexibility index (Phi) is 5.73. The van der Waals surface area contributed by atoms with Gasteiger partial charge in [0, 0.05) is 44.3 Å². The van der Waals surface area contributed by atoms with Gasteiger partial charge in [-0.05, 0) is 45.0 Å². The molecule has 2 aromatic heterocycles. The van der Waals surface area contributed by atoms with E-state index in [9.17, 15) is 8.42 Å². The van der Waals surface area contributed by atoms with Gasteiger partial charge in [-0.25, -0.2) is 15.0 Å². The zero-order chi connectivity index (χ0) is 21.2. The second kappa shape index (κ2) is 8.08. The molecule has 0 aliphatic carbocycles. The zero-order valence-electron chi connectivity index (χ0n) is 17.1. The summed E-state index contributed by atoms with van der Waals surface area (Å²) in [4.78, 5) is 14.8. The van der Waals surface area contributed by atoms with Crippen molar-refractivity contribution in [2.45, 2.75) is 32.3 Å². The summed E-state index contributed by atoms with van der Waals surface area (Å²) in [7, 11) is 0.0823. The Bertz CT molecular complexity index is 1110. The number of sulfonamides is 1. The van der Waals surface area contributed by atoms with Crippen LogP contribution in [0.25, 0.3) is 0 Å². The van der Waals surface area contributed by atoms with Crippen molar-refractivity contribution in [3.63, 3.8) is 0 Å². The molecule has 0 unspecified atom stereocenters. The minimum Gasteiger partial charge on any atom is -0.363 e. The third kappa shape index (κ3) is 4.83. The van der Waals surface area contributed by atoms with Gasteiger partial charge in [-0.15, -0.1) is 0 Å². The van der Waals surface area contributed by atoms with Crippen LogP contribution >= 0.6 is 0 Å². The molecule has 10 heteroatoms. The molecule has 0 atom stereocenters. The molecule has 0 aliphatic heterocycles. The maximum Gasteiger partial charge on any atom is 0.280 e. The highest BCUT2D eigenvalue weighted by Crippen LogP contribution is 2.22. The molecule has 0 radical (unpaired) electrons. The van der Waals surface area contributed by atoms with E-state index in [-0.39, 0.29) is 5.03 Å². The van der Waals surface area contributed by atoms with Crippen LogP contribution in [0, 0.1) is 13.8 Å². The van der Waals surface area contributed by atoms with Crippen molar-refractivity contribution in [2.75, 3.05) is 29.0 Å². The molecule has 3 aromatic rings. The smallest absolute Gasteiger partial charge is 0.280 e. The van der Waals surface area contributed by atoms with Crippen molar-refractivity contribution >= 4 is 33.0 Å². The number of imidazole rings is 1. The first-order valence-corrected chi connectivity index (χ1v) is 10.6. The number of rotatable bonds is 7. The zero-order valence-corrected chi connectivity index (χ0v) is 17.9. The van der Waals surface area contributed by atoms with Crippen molar-refractivity contribution in [1.29, 1.82) is 0 Å². The summed E-state index contributed by atoms with van der Waals surface area (Å²) in [5.41, 5.74) is 1.23. The Labute approximate surface area is 170 Å². The van der Waals surface area contributed by atoms with Gasteiger partial charge in [-0.2, -0.15) is 8.42 Å². The number of nitrogens with zero attached hydrogens (tertiary/aromatic N) is 5. The molecule has 2 N–H and O–H groups in total. The van der Waals surface area contributed by atoms with Crippen molar-refractivity contribution in [3.8, 4) is 0 Å². The quantitative estimate of drug-likeness (QED) is 0.611. The molecule has 9 nitrogen and oxygen atoms in total. The molecule has 0 spiro atoms. The monoisotopic (exact) mass is 415 g/mol. The Balaban J connectivity index is 1.75. The van der Waals surface area contributed by atoms with Crippen LogP contribution < -0.4 is 14.9 Å². The molecule has 3 rings (SSSR count). The highest BCUT2D eigenvalue weighted by molar-refractivity contribution is 7.92. The normalized spacial score (nSPS) is 11.3. The second-order valence-electron chi connectivity index (χ2n) is 6.77. The van der Waals surface area contributed by atoms with Gasteiger partial charge in [0.15, 0.2) is 5.03 Å². The van der Waals surface area contributed by atoms with Crippen molar-refractivity contribution < 1.29 is 8.42 Å². The number of anilines is 4. The van der Waals surface area contributed by atoms with E-state index in [0.717, 1.165) is 11.5 Å². The number of benzene rings is 1. The molecular weight excluding hydrogens is 390 g/mol. The lowest BCUT2D eigenvalue weighted by Gasteiger charge is -2.14. The number of nitrogens with one attached hydrogen (secondary N) is 2. The molecular formula is C19H25N7O2S. The Morgan fingerprint density at radius 1 is 1.03 bits per heavy atom. The Morgan fingerprint density at radius 3 is 2.28 bits per heavy atom. The molecule has 154 valence electrons. The summed E-state index contributed by atoms with van der Waals surface area (Å²) < 4.78 is 29.5. The molecule has 29 heavy (non-hydrogen) atoms. The largest absolute Gasteiger partial charge is 0.363 e. The summed E-state index contributed by atoms with van der Waals surface area (Å²) in [6, 6.07) is 8.77. The topological polar surface area (TPSA) is 105 Å². The fourth-order valence-corrected chi connectivity index (χ4v) is 3.82. The van der Waals surface area contributed by atoms with Gasteiger partial charge < -0.3 is 14.8 Å². The number of hydrogen-bond donors (Lipinski definition) is 2. The van der Waals surface area contributed by atoms with Gasteiger partial charge in [-0.3, -0.25) is 4.72 Å². The lowest BCUT2D eigenvalue weighted by molar-refractivity contribution is 0.598. The van der Waals surface area contributed by atoms with Crippen LogP contribution in [0.1, 0.15) is 18.6 Å². The Morgan fingerprint density at radius 2 is 1.69 bits per heavy atom. The first kappa shape index (κ1) is 20.6. The molecule has 0 bridgehead atoms. The third-order valence-electron chi connectivity index (χ3n) is 4.26. The predicted octanol–water partition coefficient (Wildman–Crippen LogP) is 2.92. The average Bonchev–Trinajstić information content (AvgIpc) is 3.04. The lowest BCUT2D eigenvalue weighted by atomic mass is 10.3. The fraction of sp³-hybridized carbons (Fsp3) is 0.316. The summed E-state index contributed by atoms with van der Waals surface area (Å²) in [6.45, 7) is 6.20. The first-order valence-electron chi connectivity index (χ1n) is 9.14. The number of aromatic nitrogens is 4. The van der Waals surface area contributed by atoms with E-state index in [1.807, 2.05) is 38.9 Å². The van der Waals surface area contributed by atoms with Gasteiger partial charge in [0.1, 0.15) is 23.3 Å². The molecule has 0 amide bonds. The molecule has 0 saturated carbocycles. The van der Waals surface area contributed by atoms with E-state index < -0.39 is 10.0 Å². The molecule has 0 fully saturated rings. The van der Waals surface area contributed by atoms with Crippen LogP contribution in [0.4, 0.5) is 23.0 Å². The van der Waals surface area contributed by atoms with Gasteiger partial charge in [0.25, 0.3) is 10.0 Å². The fourth-order valence-electron chi connectivity index (χ4n) is 2.75. The third-order valence-corrected chi connectivity index (χ3v) is 5.51. The summed E-state index contributed by atoms with van der Waals surface area (Å²) >= 11 is 0. The number of aryl methyl sites for hydroxylation is 3. The SMILES string of the molecule is CCn1cc(S(=O)(=O)Nc2ccc(Nc3cc(N(C)C)nc(C)n3)cc2)nc1C. The minimum absolute atomic E-state index is 0.00623. The van der Waals surface area contributed by atoms with E-state index in [4.69, 9.17) is 0 Å². The van der Waals surface area contributed by atoms with Crippen molar-refractivity contribution in [2.24, 2.45) is 0 Å². The van der Waals surface area contributed by atoms with E-state index in [0.29, 0.717) is 29.7 Å². The minimum atomic E-state index is -3.75. The van der Waals surface area contributed by atoms with Gasteiger partial charge >= 0.3 is 0 Å². The van der Waals surface area contributed by atoms with Gasteiger partial charge in [0.05, 0.1) is 0 Å². The standard InChI is InChI=1S/C19H25N7O2S/c1-6-26-12-19(22-14(26)3)29(27,28)24-16-9-7-15(8-10-16)23-17-11-18(25(4)5)21-13(2)20-17/h7-12,24H,6H2,1-5H3,(H,20,21,23). The average molecular weight is 416 g/mol. The Hall–Kier alpha value is -3.14. The van der Waals surface area contributed by atoms with E-state index in [1.165, 1.54) is 6.20 Å². The molecule has 2 heterocycles. The van der Waals surface area contributed by atoms with Crippen LogP contribution in [0.2, 0.25) is 0 Å². The highest BCUT2D eigenvalue weighted by atomic mass is 32.2. The molecule has 1 aromatic carbocycles. The van der Waals surface area contributed by atoms with Gasteiger partial charge in [-0.1, -0.05) is 0 Å². The lowest BCUT2D eigenvalue weighted by Crippen LogP contribution is -2.13. The van der Waals surface area contributed by atoms with Crippen LogP contribution in [-0.4, -0.2) is 42.0 Å². The number of hydrogen-bond acceptors (Lipinski definition) is 7. The van der Waals surface area contributed by atoms with E-state index in [1.54, 1.807) is 35.8 Å².